The molecule has 132 valence electrons. The van der Waals surface area contributed by atoms with Gasteiger partial charge in [0.1, 0.15) is 6.10 Å². The van der Waals surface area contributed by atoms with E-state index < -0.39 is 8.32 Å². The Balaban J connectivity index is 1.77. The maximum absolute atomic E-state index is 12.1. The number of carbonyl (C=O) groups excluding carboxylic acids is 2. The van der Waals surface area contributed by atoms with Gasteiger partial charge in [-0.1, -0.05) is 32.5 Å². The van der Waals surface area contributed by atoms with Crippen molar-refractivity contribution in [2.75, 3.05) is 13.2 Å². The number of carbonyl (C=O) groups is 2. The molecule has 2 aliphatic rings. The van der Waals surface area contributed by atoms with Crippen molar-refractivity contribution in [2.24, 2.45) is 5.92 Å². The van der Waals surface area contributed by atoms with Gasteiger partial charge < -0.3 is 14.5 Å². The zero-order valence-corrected chi connectivity index (χ0v) is 16.6. The van der Waals surface area contributed by atoms with E-state index in [-0.39, 0.29) is 33.5 Å². The van der Waals surface area contributed by atoms with Crippen molar-refractivity contribution < 1.29 is 18.8 Å². The molecule has 2 aliphatic heterocycles. The van der Waals surface area contributed by atoms with Crippen molar-refractivity contribution in [2.45, 2.75) is 69.6 Å². The Labute approximate surface area is 144 Å². The molecule has 0 bridgehead atoms. The molecular formula is C16H29NO4SSi. The lowest BCUT2D eigenvalue weighted by Gasteiger charge is -2.39. The van der Waals surface area contributed by atoms with Gasteiger partial charge in [-0.3, -0.25) is 9.59 Å². The first-order valence-corrected chi connectivity index (χ1v) is 12.2. The van der Waals surface area contributed by atoms with Gasteiger partial charge in [0.15, 0.2) is 8.32 Å². The van der Waals surface area contributed by atoms with Crippen molar-refractivity contribution in [1.82, 2.24) is 5.32 Å². The summed E-state index contributed by atoms with van der Waals surface area (Å²) in [6, 6.07) is 0. The van der Waals surface area contributed by atoms with E-state index in [2.05, 4.69) is 39.2 Å². The number of ether oxygens (including phenoxy) is 1. The first-order chi connectivity index (χ1) is 10.6. The largest absolute Gasteiger partial charge is 0.417 e. The monoisotopic (exact) mass is 359 g/mol. The average molecular weight is 360 g/mol. The number of rotatable bonds is 6. The Morgan fingerprint density at radius 2 is 2.13 bits per heavy atom. The molecule has 0 aromatic rings. The lowest BCUT2D eigenvalue weighted by Crippen LogP contribution is -2.57. The zero-order chi connectivity index (χ0) is 17.3. The highest BCUT2D eigenvalue weighted by atomic mass is 32.2. The third-order valence-electron chi connectivity index (χ3n) is 5.12. The van der Waals surface area contributed by atoms with Crippen molar-refractivity contribution in [3.05, 3.63) is 0 Å². The molecule has 2 fully saturated rings. The Bertz CT molecular complexity index is 457. The third kappa shape index (κ3) is 4.58. The van der Waals surface area contributed by atoms with E-state index in [1.807, 2.05) is 0 Å². The number of hydrogen-bond acceptors (Lipinski definition) is 5. The molecule has 2 saturated heterocycles. The molecule has 2 heterocycles. The standard InChI is InChI=1S/C16H29NO4SSi/c1-16(2,3)23(4,5)21-10-8-11-13(18)17-14(11)22-15(19)12-7-6-9-20-12/h11-12,14H,6-10H2,1-5H3,(H,17,18)/t11-,12+,14+/m0/s1. The lowest BCUT2D eigenvalue weighted by molar-refractivity contribution is -0.132. The summed E-state index contributed by atoms with van der Waals surface area (Å²) in [5, 5.41) is 2.92. The molecule has 0 aromatic carbocycles. The zero-order valence-electron chi connectivity index (χ0n) is 14.8. The molecule has 5 nitrogen and oxygen atoms in total. The summed E-state index contributed by atoms with van der Waals surface area (Å²) >= 11 is 1.22. The van der Waals surface area contributed by atoms with E-state index in [0.29, 0.717) is 19.6 Å². The van der Waals surface area contributed by atoms with Crippen LogP contribution in [-0.4, -0.2) is 44.0 Å². The minimum Gasteiger partial charge on any atom is -0.417 e. The molecule has 7 heteroatoms. The van der Waals surface area contributed by atoms with Crippen LogP contribution in [0.2, 0.25) is 18.1 Å². The van der Waals surface area contributed by atoms with Crippen LogP contribution < -0.4 is 5.32 Å². The van der Waals surface area contributed by atoms with Crippen LogP contribution in [0.3, 0.4) is 0 Å². The maximum Gasteiger partial charge on any atom is 0.227 e. The van der Waals surface area contributed by atoms with Gasteiger partial charge in [-0.05, 0) is 37.4 Å². The van der Waals surface area contributed by atoms with Crippen molar-refractivity contribution >= 4 is 31.1 Å². The van der Waals surface area contributed by atoms with Crippen molar-refractivity contribution in [3.63, 3.8) is 0 Å². The van der Waals surface area contributed by atoms with Crippen LogP contribution in [0.25, 0.3) is 0 Å². The van der Waals surface area contributed by atoms with Gasteiger partial charge in [-0.15, -0.1) is 0 Å². The van der Waals surface area contributed by atoms with E-state index in [0.717, 1.165) is 12.8 Å². The normalized spacial score (nSPS) is 28.4. The Morgan fingerprint density at radius 1 is 1.43 bits per heavy atom. The van der Waals surface area contributed by atoms with Crippen LogP contribution in [0.4, 0.5) is 0 Å². The summed E-state index contributed by atoms with van der Waals surface area (Å²) < 4.78 is 11.5. The van der Waals surface area contributed by atoms with Gasteiger partial charge in [0.25, 0.3) is 0 Å². The molecule has 2 rings (SSSR count). The fourth-order valence-electron chi connectivity index (χ4n) is 2.41. The van der Waals surface area contributed by atoms with Crippen LogP contribution in [0.15, 0.2) is 0 Å². The first kappa shape index (κ1) is 19.0. The second-order valence-corrected chi connectivity index (χ2v) is 13.8. The second-order valence-electron chi connectivity index (χ2n) is 7.87. The van der Waals surface area contributed by atoms with Crippen LogP contribution in [0.5, 0.6) is 0 Å². The summed E-state index contributed by atoms with van der Waals surface area (Å²) in [4.78, 5) is 23.9. The summed E-state index contributed by atoms with van der Waals surface area (Å²) in [6.07, 6.45) is 2.12. The molecular weight excluding hydrogens is 330 g/mol. The molecule has 3 atom stereocenters. The van der Waals surface area contributed by atoms with Gasteiger partial charge in [-0.25, -0.2) is 0 Å². The average Bonchev–Trinajstić information content (AvgIpc) is 2.95. The Morgan fingerprint density at radius 3 is 2.65 bits per heavy atom. The summed E-state index contributed by atoms with van der Waals surface area (Å²) in [7, 11) is -1.78. The summed E-state index contributed by atoms with van der Waals surface area (Å²) in [5.74, 6) is -0.100. The Kier molecular flexibility index (Phi) is 5.98. The summed E-state index contributed by atoms with van der Waals surface area (Å²) in [5.41, 5.74) is 0. The molecule has 1 N–H and O–H groups in total. The molecule has 0 unspecified atom stereocenters. The van der Waals surface area contributed by atoms with E-state index >= 15 is 0 Å². The highest BCUT2D eigenvalue weighted by molar-refractivity contribution is 8.14. The highest BCUT2D eigenvalue weighted by Crippen LogP contribution is 2.37. The maximum atomic E-state index is 12.1. The van der Waals surface area contributed by atoms with Gasteiger partial charge >= 0.3 is 0 Å². The van der Waals surface area contributed by atoms with E-state index in [9.17, 15) is 9.59 Å². The number of thioether (sulfide) groups is 1. The summed E-state index contributed by atoms with van der Waals surface area (Å²) in [6.45, 7) is 12.3. The van der Waals surface area contributed by atoms with Crippen LogP contribution in [0.1, 0.15) is 40.0 Å². The van der Waals surface area contributed by atoms with Gasteiger partial charge in [0, 0.05) is 13.2 Å². The predicted octanol–water partition coefficient (Wildman–Crippen LogP) is 2.91. The second kappa shape index (κ2) is 7.25. The van der Waals surface area contributed by atoms with Gasteiger partial charge in [0.05, 0.1) is 11.3 Å². The topological polar surface area (TPSA) is 64.6 Å². The van der Waals surface area contributed by atoms with Gasteiger partial charge in [-0.2, -0.15) is 0 Å². The molecule has 23 heavy (non-hydrogen) atoms. The molecule has 0 spiro atoms. The molecule has 0 aliphatic carbocycles. The minimum absolute atomic E-state index is 0.0291. The first-order valence-electron chi connectivity index (χ1n) is 8.38. The van der Waals surface area contributed by atoms with Crippen LogP contribution in [-0.2, 0) is 18.8 Å². The number of hydrogen-bond donors (Lipinski definition) is 1. The predicted molar refractivity (Wildman–Crippen MR) is 94.8 cm³/mol. The third-order valence-corrected chi connectivity index (χ3v) is 10.9. The molecule has 0 saturated carbocycles. The SMILES string of the molecule is CC(C)(C)[Si](C)(C)OCC[C@H]1C(=O)N[C@@H]1SC(=O)[C@H]1CCCO1. The fraction of sp³-hybridized carbons (Fsp3) is 0.875. The molecule has 1 amide bonds. The highest BCUT2D eigenvalue weighted by Gasteiger charge is 2.43. The quantitative estimate of drug-likeness (QED) is 0.583. The Hall–Kier alpha value is -0.373. The van der Waals surface area contributed by atoms with Crippen molar-refractivity contribution in [3.8, 4) is 0 Å². The molecule has 0 radical (unpaired) electrons. The smallest absolute Gasteiger partial charge is 0.227 e. The van der Waals surface area contributed by atoms with E-state index in [4.69, 9.17) is 9.16 Å². The lowest BCUT2D eigenvalue weighted by atomic mass is 9.98. The number of β-lactam (4-membered cyclic amide) rings is 1. The van der Waals surface area contributed by atoms with Gasteiger partial charge in [0.2, 0.25) is 11.0 Å². The fourth-order valence-corrected chi connectivity index (χ4v) is 4.65. The van der Waals surface area contributed by atoms with E-state index in [1.54, 1.807) is 0 Å². The number of amides is 1. The molecule has 0 aromatic heterocycles. The minimum atomic E-state index is -1.78. The van der Waals surface area contributed by atoms with E-state index in [1.165, 1.54) is 11.8 Å². The van der Waals surface area contributed by atoms with Crippen LogP contribution >= 0.6 is 11.8 Å². The number of nitrogens with one attached hydrogen (secondary N) is 1. The van der Waals surface area contributed by atoms with Crippen molar-refractivity contribution in [1.29, 1.82) is 0 Å². The van der Waals surface area contributed by atoms with Crippen LogP contribution in [0, 0.1) is 5.92 Å².